The number of hydrogen-bond donors (Lipinski definition) is 1. The number of rotatable bonds is 4. The molecule has 0 atom stereocenters. The van der Waals surface area contributed by atoms with E-state index in [4.69, 9.17) is 0 Å². The fourth-order valence-electron chi connectivity index (χ4n) is 1.30. The number of aryl methyl sites for hydroxylation is 1. The second-order valence-corrected chi connectivity index (χ2v) is 3.57. The predicted octanol–water partition coefficient (Wildman–Crippen LogP) is 1.96. The summed E-state index contributed by atoms with van der Waals surface area (Å²) in [6, 6.07) is 5.52. The number of benzene rings is 1. The summed E-state index contributed by atoms with van der Waals surface area (Å²) in [6.07, 6.45) is 4.58. The van der Waals surface area contributed by atoms with Crippen molar-refractivity contribution in [2.45, 2.75) is 13.8 Å². The van der Waals surface area contributed by atoms with E-state index in [2.05, 4.69) is 5.32 Å². The van der Waals surface area contributed by atoms with Gasteiger partial charge in [-0.3, -0.25) is 9.59 Å². The van der Waals surface area contributed by atoms with E-state index in [-0.39, 0.29) is 5.91 Å². The monoisotopic (exact) mass is 217 g/mol. The molecule has 1 amide bonds. The van der Waals surface area contributed by atoms with Crippen LogP contribution in [0.3, 0.4) is 0 Å². The number of aldehydes is 1. The van der Waals surface area contributed by atoms with Gasteiger partial charge in [0, 0.05) is 19.0 Å². The van der Waals surface area contributed by atoms with Gasteiger partial charge in [-0.1, -0.05) is 24.3 Å². The Morgan fingerprint density at radius 3 is 2.81 bits per heavy atom. The first-order chi connectivity index (χ1) is 7.63. The smallest absolute Gasteiger partial charge is 0.217 e. The highest BCUT2D eigenvalue weighted by Crippen LogP contribution is 2.11. The average Bonchev–Trinajstić information content (AvgIpc) is 2.26. The standard InChI is InChI=1S/C13H15NO2/c1-10-5-6-12(9-15)8-13(10)4-3-7-14-11(2)16/h3-6,8-9H,7H2,1-2H3,(H,14,16). The number of carbonyl (C=O) groups excluding carboxylic acids is 2. The minimum absolute atomic E-state index is 0.0528. The molecule has 0 heterocycles. The highest BCUT2D eigenvalue weighted by molar-refractivity contribution is 5.77. The molecule has 84 valence electrons. The Bertz CT molecular complexity index is 422. The van der Waals surface area contributed by atoms with Crippen LogP contribution in [0.4, 0.5) is 0 Å². The molecule has 0 saturated heterocycles. The highest BCUT2D eigenvalue weighted by atomic mass is 16.1. The van der Waals surface area contributed by atoms with Crippen LogP contribution in [-0.2, 0) is 4.79 Å². The minimum Gasteiger partial charge on any atom is -0.353 e. The van der Waals surface area contributed by atoms with Gasteiger partial charge in [0.25, 0.3) is 0 Å². The van der Waals surface area contributed by atoms with Crippen molar-refractivity contribution in [2.75, 3.05) is 6.54 Å². The van der Waals surface area contributed by atoms with Crippen molar-refractivity contribution in [2.24, 2.45) is 0 Å². The maximum Gasteiger partial charge on any atom is 0.217 e. The molecule has 0 bridgehead atoms. The van der Waals surface area contributed by atoms with Crippen LogP contribution in [0.25, 0.3) is 6.08 Å². The van der Waals surface area contributed by atoms with E-state index in [0.29, 0.717) is 12.1 Å². The molecule has 3 nitrogen and oxygen atoms in total. The fourth-order valence-corrected chi connectivity index (χ4v) is 1.30. The fraction of sp³-hybridized carbons (Fsp3) is 0.231. The first-order valence-corrected chi connectivity index (χ1v) is 5.10. The van der Waals surface area contributed by atoms with Gasteiger partial charge in [-0.15, -0.1) is 0 Å². The van der Waals surface area contributed by atoms with E-state index >= 15 is 0 Å². The second-order valence-electron chi connectivity index (χ2n) is 3.57. The van der Waals surface area contributed by atoms with Crippen molar-refractivity contribution in [1.29, 1.82) is 0 Å². The summed E-state index contributed by atoms with van der Waals surface area (Å²) >= 11 is 0. The van der Waals surface area contributed by atoms with Gasteiger partial charge < -0.3 is 5.32 Å². The van der Waals surface area contributed by atoms with Crippen molar-refractivity contribution in [3.05, 3.63) is 41.0 Å². The summed E-state index contributed by atoms with van der Waals surface area (Å²) in [7, 11) is 0. The van der Waals surface area contributed by atoms with Gasteiger partial charge in [0.2, 0.25) is 5.91 Å². The van der Waals surface area contributed by atoms with Crippen LogP contribution in [0.2, 0.25) is 0 Å². The molecule has 0 spiro atoms. The Kier molecular flexibility index (Phi) is 4.45. The van der Waals surface area contributed by atoms with E-state index in [0.717, 1.165) is 17.4 Å². The topological polar surface area (TPSA) is 46.2 Å². The normalized spacial score (nSPS) is 10.4. The van der Waals surface area contributed by atoms with Crippen molar-refractivity contribution in [3.8, 4) is 0 Å². The SMILES string of the molecule is CC(=O)NCC=Cc1cc(C=O)ccc1C. The lowest BCUT2D eigenvalue weighted by atomic mass is 10.1. The first-order valence-electron chi connectivity index (χ1n) is 5.10. The summed E-state index contributed by atoms with van der Waals surface area (Å²) in [5, 5.41) is 2.67. The maximum absolute atomic E-state index is 10.6. The van der Waals surface area contributed by atoms with Crippen LogP contribution in [0.5, 0.6) is 0 Å². The molecule has 0 aliphatic heterocycles. The van der Waals surface area contributed by atoms with E-state index in [9.17, 15) is 9.59 Å². The molecule has 0 saturated carbocycles. The van der Waals surface area contributed by atoms with Gasteiger partial charge >= 0.3 is 0 Å². The summed E-state index contributed by atoms with van der Waals surface area (Å²) < 4.78 is 0. The molecule has 0 fully saturated rings. The third-order valence-electron chi connectivity index (χ3n) is 2.21. The van der Waals surface area contributed by atoms with E-state index in [1.807, 2.05) is 31.2 Å². The molecule has 0 aromatic heterocycles. The van der Waals surface area contributed by atoms with E-state index in [1.165, 1.54) is 6.92 Å². The maximum atomic E-state index is 10.6. The zero-order chi connectivity index (χ0) is 12.0. The van der Waals surface area contributed by atoms with Crippen LogP contribution in [0.1, 0.15) is 28.4 Å². The molecule has 1 rings (SSSR count). The quantitative estimate of drug-likeness (QED) is 0.783. The Morgan fingerprint density at radius 2 is 2.19 bits per heavy atom. The summed E-state index contributed by atoms with van der Waals surface area (Å²) in [5.41, 5.74) is 2.75. The Balaban J connectivity index is 2.71. The minimum atomic E-state index is -0.0528. The highest BCUT2D eigenvalue weighted by Gasteiger charge is 1.96. The molecule has 0 aliphatic carbocycles. The molecule has 0 aliphatic rings. The van der Waals surface area contributed by atoms with Crippen molar-refractivity contribution in [1.82, 2.24) is 5.32 Å². The second kappa shape index (κ2) is 5.85. The summed E-state index contributed by atoms with van der Waals surface area (Å²) in [5.74, 6) is -0.0528. The number of carbonyl (C=O) groups is 2. The van der Waals surface area contributed by atoms with E-state index < -0.39 is 0 Å². The lowest BCUT2D eigenvalue weighted by Gasteiger charge is -2.01. The van der Waals surface area contributed by atoms with Crippen molar-refractivity contribution < 1.29 is 9.59 Å². The van der Waals surface area contributed by atoms with Gasteiger partial charge in [-0.2, -0.15) is 0 Å². The largest absolute Gasteiger partial charge is 0.353 e. The van der Waals surface area contributed by atoms with Gasteiger partial charge in [-0.05, 0) is 24.1 Å². The molecule has 0 unspecified atom stereocenters. The van der Waals surface area contributed by atoms with Gasteiger partial charge in [0.15, 0.2) is 0 Å². The molecule has 0 radical (unpaired) electrons. The molecule has 3 heteroatoms. The molecule has 1 aromatic rings. The zero-order valence-corrected chi connectivity index (χ0v) is 9.49. The van der Waals surface area contributed by atoms with Crippen LogP contribution in [0, 0.1) is 6.92 Å². The Hall–Kier alpha value is -1.90. The summed E-state index contributed by atoms with van der Waals surface area (Å²) in [4.78, 5) is 21.2. The van der Waals surface area contributed by atoms with Gasteiger partial charge in [0.1, 0.15) is 6.29 Å². The Labute approximate surface area is 95.2 Å². The average molecular weight is 217 g/mol. The summed E-state index contributed by atoms with van der Waals surface area (Å²) in [6.45, 7) is 3.96. The number of amides is 1. The van der Waals surface area contributed by atoms with Crippen LogP contribution < -0.4 is 5.32 Å². The van der Waals surface area contributed by atoms with Crippen LogP contribution >= 0.6 is 0 Å². The van der Waals surface area contributed by atoms with Gasteiger partial charge in [0.05, 0.1) is 0 Å². The van der Waals surface area contributed by atoms with Crippen LogP contribution in [0.15, 0.2) is 24.3 Å². The lowest BCUT2D eigenvalue weighted by molar-refractivity contribution is -0.118. The van der Waals surface area contributed by atoms with Crippen molar-refractivity contribution >= 4 is 18.3 Å². The first kappa shape index (κ1) is 12.2. The molecular weight excluding hydrogens is 202 g/mol. The van der Waals surface area contributed by atoms with Crippen LogP contribution in [-0.4, -0.2) is 18.7 Å². The third-order valence-corrected chi connectivity index (χ3v) is 2.21. The molecule has 1 aromatic carbocycles. The molecule has 1 N–H and O–H groups in total. The Morgan fingerprint density at radius 1 is 1.44 bits per heavy atom. The predicted molar refractivity (Wildman–Crippen MR) is 64.3 cm³/mol. The third kappa shape index (κ3) is 3.69. The number of hydrogen-bond acceptors (Lipinski definition) is 2. The number of nitrogens with one attached hydrogen (secondary N) is 1. The van der Waals surface area contributed by atoms with Crippen molar-refractivity contribution in [3.63, 3.8) is 0 Å². The van der Waals surface area contributed by atoms with E-state index in [1.54, 1.807) is 6.07 Å². The van der Waals surface area contributed by atoms with Gasteiger partial charge in [-0.25, -0.2) is 0 Å². The molecule has 16 heavy (non-hydrogen) atoms. The lowest BCUT2D eigenvalue weighted by Crippen LogP contribution is -2.19. The molecular formula is C13H15NO2. The zero-order valence-electron chi connectivity index (χ0n) is 9.49.